The Labute approximate surface area is 272 Å². The molecule has 2 aliphatic rings. The van der Waals surface area contributed by atoms with Crippen LogP contribution < -0.4 is 21.3 Å². The Morgan fingerprint density at radius 2 is 1.48 bits per heavy atom. The Balaban J connectivity index is 2.13. The predicted octanol–water partition coefficient (Wildman–Crippen LogP) is 2.68. The molecule has 1 unspecified atom stereocenters. The Morgan fingerprint density at radius 1 is 0.826 bits per heavy atom. The lowest BCUT2D eigenvalue weighted by molar-refractivity contribution is -0.144. The molecule has 2 aliphatic heterocycles. The number of hydrogen-bond acceptors (Lipinski definition) is 6. The number of piperidine rings is 1. The van der Waals surface area contributed by atoms with Gasteiger partial charge in [-0.15, -0.1) is 0 Å². The van der Waals surface area contributed by atoms with E-state index in [1.54, 1.807) is 45.2 Å². The average molecular weight is 641 g/mol. The summed E-state index contributed by atoms with van der Waals surface area (Å²) < 4.78 is 0. The van der Waals surface area contributed by atoms with Gasteiger partial charge < -0.3 is 31.1 Å². The van der Waals surface area contributed by atoms with E-state index in [9.17, 15) is 28.8 Å². The van der Waals surface area contributed by atoms with Crippen molar-refractivity contribution in [1.29, 1.82) is 0 Å². The normalized spacial score (nSPS) is 26.6. The molecule has 46 heavy (non-hydrogen) atoms. The fourth-order valence-corrected chi connectivity index (χ4v) is 5.98. The van der Waals surface area contributed by atoms with Gasteiger partial charge in [-0.25, -0.2) is 0 Å². The summed E-state index contributed by atoms with van der Waals surface area (Å²) in [5.74, 6) is -3.45. The van der Waals surface area contributed by atoms with E-state index in [0.717, 1.165) is 6.42 Å². The van der Waals surface area contributed by atoms with Crippen LogP contribution in [-0.2, 0) is 24.0 Å². The molecule has 0 bridgehead atoms. The topological polar surface area (TPSA) is 157 Å². The number of hydrogen-bond donors (Lipinski definition) is 4. The number of carbonyl (C=O) groups excluding carboxylic acids is 6. The lowest BCUT2D eigenvalue weighted by atomic mass is 9.96. The number of benzene rings is 1. The van der Waals surface area contributed by atoms with Crippen LogP contribution in [0.25, 0.3) is 0 Å². The molecule has 254 valence electrons. The molecule has 3 rings (SSSR count). The summed E-state index contributed by atoms with van der Waals surface area (Å²) in [6, 6.07) is 1.95. The number of anilines is 1. The lowest BCUT2D eigenvalue weighted by Gasteiger charge is -2.39. The van der Waals surface area contributed by atoms with Crippen LogP contribution in [0.1, 0.15) is 90.9 Å². The second kappa shape index (κ2) is 16.0. The third-order valence-electron chi connectivity index (χ3n) is 9.07. The summed E-state index contributed by atoms with van der Waals surface area (Å²) in [4.78, 5) is 85.4. The minimum atomic E-state index is -1.02. The van der Waals surface area contributed by atoms with Crippen LogP contribution in [0.2, 0.25) is 0 Å². The molecule has 4 N–H and O–H groups in total. The number of carbonyl (C=O) groups is 6. The van der Waals surface area contributed by atoms with Gasteiger partial charge >= 0.3 is 0 Å². The van der Waals surface area contributed by atoms with Crippen molar-refractivity contribution in [2.75, 3.05) is 18.9 Å². The Bertz CT molecular complexity index is 1300. The molecule has 0 spiro atoms. The van der Waals surface area contributed by atoms with Gasteiger partial charge in [-0.1, -0.05) is 60.1 Å². The maximum absolute atomic E-state index is 14.1. The number of likely N-dealkylation sites (N-methyl/N-ethyl adjacent to an activating group) is 1. The first-order valence-electron chi connectivity index (χ1n) is 16.6. The number of nitrogens with zero attached hydrogens (tertiary/aromatic N) is 2. The highest BCUT2D eigenvalue weighted by molar-refractivity contribution is 6.07. The third kappa shape index (κ3) is 8.64. The van der Waals surface area contributed by atoms with Crippen LogP contribution in [0.4, 0.5) is 5.69 Å². The van der Waals surface area contributed by atoms with Gasteiger partial charge in [0.2, 0.25) is 29.5 Å². The minimum absolute atomic E-state index is 0.0452. The van der Waals surface area contributed by atoms with Crippen LogP contribution >= 0.6 is 0 Å². The molecular formula is C34H52N6O6. The van der Waals surface area contributed by atoms with Gasteiger partial charge in [-0.2, -0.15) is 0 Å². The highest BCUT2D eigenvalue weighted by Crippen LogP contribution is 2.26. The first-order chi connectivity index (χ1) is 21.7. The molecule has 1 aromatic carbocycles. The van der Waals surface area contributed by atoms with Crippen molar-refractivity contribution >= 4 is 41.1 Å². The number of nitrogens with one attached hydrogen (secondary N) is 4. The predicted molar refractivity (Wildman–Crippen MR) is 176 cm³/mol. The molecule has 12 heteroatoms. The zero-order valence-electron chi connectivity index (χ0n) is 28.5. The zero-order chi connectivity index (χ0) is 34.3. The van der Waals surface area contributed by atoms with Crippen LogP contribution in [0, 0.1) is 17.8 Å². The highest BCUT2D eigenvalue weighted by atomic mass is 16.2. The van der Waals surface area contributed by atoms with E-state index < -0.39 is 59.7 Å². The van der Waals surface area contributed by atoms with Crippen LogP contribution in [0.15, 0.2) is 24.3 Å². The van der Waals surface area contributed by atoms with Gasteiger partial charge in [0, 0.05) is 13.6 Å². The van der Waals surface area contributed by atoms with Crippen molar-refractivity contribution in [2.45, 2.75) is 111 Å². The van der Waals surface area contributed by atoms with Crippen molar-refractivity contribution in [1.82, 2.24) is 25.8 Å². The van der Waals surface area contributed by atoms with Crippen molar-refractivity contribution in [3.05, 3.63) is 29.8 Å². The van der Waals surface area contributed by atoms with E-state index in [1.807, 2.05) is 27.7 Å². The number of rotatable bonds is 5. The maximum Gasteiger partial charge on any atom is 0.256 e. The number of para-hydroxylation sites is 1. The van der Waals surface area contributed by atoms with E-state index in [-0.39, 0.29) is 34.9 Å². The van der Waals surface area contributed by atoms with Crippen molar-refractivity contribution in [3.8, 4) is 0 Å². The van der Waals surface area contributed by atoms with E-state index in [0.29, 0.717) is 32.2 Å². The van der Waals surface area contributed by atoms with E-state index >= 15 is 0 Å². The van der Waals surface area contributed by atoms with E-state index in [1.165, 1.54) is 16.7 Å². The summed E-state index contributed by atoms with van der Waals surface area (Å²) >= 11 is 0. The van der Waals surface area contributed by atoms with E-state index in [2.05, 4.69) is 21.3 Å². The Hall–Kier alpha value is -3.96. The summed E-state index contributed by atoms with van der Waals surface area (Å²) in [5, 5.41) is 11.2. The monoisotopic (exact) mass is 640 g/mol. The van der Waals surface area contributed by atoms with E-state index in [4.69, 9.17) is 0 Å². The summed E-state index contributed by atoms with van der Waals surface area (Å²) in [6.07, 6.45) is 2.78. The molecule has 1 saturated heterocycles. The first kappa shape index (κ1) is 36.5. The smallest absolute Gasteiger partial charge is 0.256 e. The molecule has 0 aromatic heterocycles. The molecule has 1 aromatic rings. The summed E-state index contributed by atoms with van der Waals surface area (Å²) in [6.45, 7) is 13.0. The van der Waals surface area contributed by atoms with Gasteiger partial charge in [-0.3, -0.25) is 28.8 Å². The molecule has 6 atom stereocenters. The lowest BCUT2D eigenvalue weighted by Crippen LogP contribution is -2.60. The van der Waals surface area contributed by atoms with Crippen molar-refractivity contribution in [2.24, 2.45) is 17.8 Å². The maximum atomic E-state index is 14.1. The first-order valence-corrected chi connectivity index (χ1v) is 16.6. The van der Waals surface area contributed by atoms with Gasteiger partial charge in [0.25, 0.3) is 5.91 Å². The molecule has 0 radical (unpaired) electrons. The fourth-order valence-electron chi connectivity index (χ4n) is 5.98. The largest absolute Gasteiger partial charge is 0.343 e. The Kier molecular flexibility index (Phi) is 12.7. The highest BCUT2D eigenvalue weighted by Gasteiger charge is 2.40. The van der Waals surface area contributed by atoms with Crippen molar-refractivity contribution < 1.29 is 28.8 Å². The Morgan fingerprint density at radius 3 is 2.11 bits per heavy atom. The van der Waals surface area contributed by atoms with Crippen LogP contribution in [0.5, 0.6) is 0 Å². The molecule has 0 saturated carbocycles. The molecule has 0 aliphatic carbocycles. The fraction of sp³-hybridized carbons (Fsp3) is 0.647. The van der Waals surface area contributed by atoms with Crippen LogP contribution in [0.3, 0.4) is 0 Å². The van der Waals surface area contributed by atoms with Gasteiger partial charge in [-0.05, 0) is 62.5 Å². The number of fused-ring (bicyclic) bond motifs is 2. The molecule has 1 fully saturated rings. The third-order valence-corrected chi connectivity index (χ3v) is 9.07. The minimum Gasteiger partial charge on any atom is -0.343 e. The second-order valence-corrected chi connectivity index (χ2v) is 13.5. The molecule has 12 nitrogen and oxygen atoms in total. The van der Waals surface area contributed by atoms with Gasteiger partial charge in [0.1, 0.15) is 30.2 Å². The van der Waals surface area contributed by atoms with Crippen molar-refractivity contribution in [3.63, 3.8) is 0 Å². The molecular weight excluding hydrogens is 588 g/mol. The zero-order valence-corrected chi connectivity index (χ0v) is 28.5. The quantitative estimate of drug-likeness (QED) is 0.388. The molecule has 2 heterocycles. The van der Waals surface area contributed by atoms with Crippen LogP contribution in [-0.4, -0.2) is 89.0 Å². The summed E-state index contributed by atoms with van der Waals surface area (Å²) in [7, 11) is 1.56. The average Bonchev–Trinajstić information content (AvgIpc) is 3.02. The molecule has 6 amide bonds. The van der Waals surface area contributed by atoms with Gasteiger partial charge in [0.15, 0.2) is 0 Å². The number of amides is 6. The standard InChI is InChI=1S/C34H52N6O6/c1-9-21(6)28-32(44)36-24-15-11-10-14-23(24)33(45)40-17-13-12-16-25(40)34(46)39(8)26(18-19(2)3)30(42)35-22(7)29(41)37-27(20(4)5)31(43)38-28/h10-11,14-15,19-22,25-28H,9,12-13,16-18H2,1-8H3,(H,35,42)(H,36,44)(H,37,41)(H,38,43)/t21-,22-,25-,26-,27?,28-/m0/s1. The second-order valence-electron chi connectivity index (χ2n) is 13.5. The SMILES string of the molecule is CC[C@H](C)[C@@H]1NC(=O)C(C(C)C)NC(=O)[C@H](C)NC(=O)[C@H](CC(C)C)N(C)C(=O)[C@@H]2CCCCN2C(=O)c2ccccc2NC1=O. The van der Waals surface area contributed by atoms with Gasteiger partial charge in [0.05, 0.1) is 11.3 Å². The summed E-state index contributed by atoms with van der Waals surface area (Å²) in [5.41, 5.74) is 0.491.